The Bertz CT molecular complexity index is 2470. The van der Waals surface area contributed by atoms with Crippen LogP contribution in [-0.2, 0) is 28.0 Å². The van der Waals surface area contributed by atoms with Gasteiger partial charge < -0.3 is 9.88 Å². The van der Waals surface area contributed by atoms with E-state index >= 15 is 4.39 Å². The van der Waals surface area contributed by atoms with Crippen molar-refractivity contribution < 1.29 is 28.4 Å². The van der Waals surface area contributed by atoms with Gasteiger partial charge in [0.25, 0.3) is 11.8 Å². The van der Waals surface area contributed by atoms with Gasteiger partial charge in [0, 0.05) is 97.1 Å². The molecule has 3 fully saturated rings. The number of amides is 4. The molecular weight excluding hydrogens is 726 g/mol. The monoisotopic (exact) mass is 769 g/mol. The third-order valence-electron chi connectivity index (χ3n) is 13.0. The third-order valence-corrected chi connectivity index (χ3v) is 13.0. The van der Waals surface area contributed by atoms with Crippen molar-refractivity contribution in [3.05, 3.63) is 98.5 Å². The number of aromatic nitrogens is 1. The Balaban J connectivity index is 0.847. The summed E-state index contributed by atoms with van der Waals surface area (Å²) in [5.74, 6) is -3.04. The fraction of sp³-hybridized carbons (Fsp3) is 0.409. The molecular formula is C44H44FN7O5. The summed E-state index contributed by atoms with van der Waals surface area (Å²) in [7, 11) is 0. The van der Waals surface area contributed by atoms with Gasteiger partial charge in [-0.25, -0.2) is 4.39 Å². The summed E-state index contributed by atoms with van der Waals surface area (Å²) in [5.41, 5.74) is 6.96. The van der Waals surface area contributed by atoms with E-state index in [0.717, 1.165) is 103 Å². The first-order chi connectivity index (χ1) is 27.4. The molecule has 4 amide bonds. The van der Waals surface area contributed by atoms with E-state index in [1.807, 2.05) is 12.1 Å². The lowest BCUT2D eigenvalue weighted by molar-refractivity contribution is -0.136. The van der Waals surface area contributed by atoms with Crippen molar-refractivity contribution in [3.8, 4) is 6.07 Å². The largest absolute Gasteiger partial charge is 0.371 e. The van der Waals surface area contributed by atoms with Crippen molar-refractivity contribution in [3.63, 3.8) is 0 Å². The number of nitrogens with one attached hydrogen (secondary N) is 2. The molecule has 2 N–H and O–H groups in total. The number of aromatic amines is 1. The molecule has 3 aromatic carbocycles. The van der Waals surface area contributed by atoms with Crippen molar-refractivity contribution in [1.82, 2.24) is 25.0 Å². The molecule has 0 spiro atoms. The van der Waals surface area contributed by atoms with Crippen LogP contribution in [0.3, 0.4) is 0 Å². The smallest absolute Gasteiger partial charge is 0.262 e. The van der Waals surface area contributed by atoms with Crippen LogP contribution in [0.1, 0.15) is 111 Å². The highest BCUT2D eigenvalue weighted by Gasteiger charge is 2.45. The SMILES string of the molecule is CCc1cc2c(cc1N1CCC(N3CCN(Cc4cc5c(cc4F)C(=O)N(C4CCC(=O)NC4=O)C5=O)CC3)CC1)C(C)(C)c1[nH]c3cc(C#N)ccc3c1C2=O. The number of carbonyl (C=O) groups excluding carboxylic acids is 5. The second-order valence-electron chi connectivity index (χ2n) is 16.5. The van der Waals surface area contributed by atoms with Crippen LogP contribution in [0.5, 0.6) is 0 Å². The number of carbonyl (C=O) groups is 5. The second-order valence-corrected chi connectivity index (χ2v) is 16.5. The van der Waals surface area contributed by atoms with Crippen LogP contribution in [-0.4, -0.2) is 100 Å². The number of ketones is 1. The molecule has 292 valence electrons. The first-order valence-corrected chi connectivity index (χ1v) is 19.9. The molecule has 57 heavy (non-hydrogen) atoms. The maximum Gasteiger partial charge on any atom is 0.262 e. The molecule has 1 unspecified atom stereocenters. The van der Waals surface area contributed by atoms with E-state index in [-0.39, 0.29) is 29.8 Å². The zero-order valence-electron chi connectivity index (χ0n) is 32.3. The molecule has 0 bridgehead atoms. The van der Waals surface area contributed by atoms with Crippen LogP contribution in [0.4, 0.5) is 10.1 Å². The van der Waals surface area contributed by atoms with Gasteiger partial charge in [-0.15, -0.1) is 0 Å². The fourth-order valence-electron chi connectivity index (χ4n) is 9.81. The van der Waals surface area contributed by atoms with Crippen LogP contribution in [0, 0.1) is 17.1 Å². The van der Waals surface area contributed by atoms with E-state index in [1.54, 1.807) is 6.07 Å². The average molecular weight is 770 g/mol. The average Bonchev–Trinajstić information content (AvgIpc) is 3.71. The molecule has 13 heteroatoms. The molecule has 0 saturated carbocycles. The number of piperidine rings is 2. The van der Waals surface area contributed by atoms with Gasteiger partial charge in [0.1, 0.15) is 11.9 Å². The molecule has 3 saturated heterocycles. The zero-order valence-corrected chi connectivity index (χ0v) is 32.3. The van der Waals surface area contributed by atoms with Crippen molar-refractivity contribution in [2.45, 2.75) is 76.9 Å². The van der Waals surface area contributed by atoms with Gasteiger partial charge in [-0.1, -0.05) is 26.8 Å². The number of hydrogen-bond donors (Lipinski definition) is 2. The van der Waals surface area contributed by atoms with Gasteiger partial charge in [0.05, 0.1) is 28.3 Å². The molecule has 1 aliphatic carbocycles. The molecule has 12 nitrogen and oxygen atoms in total. The number of benzene rings is 3. The standard InChI is InChI=1S/C44H44FN7O5/c1-4-25-18-31-32(44(2,3)40-38(39(31)54)28-6-5-24(22-46)17-34(28)47-40)21-36(25)51-11-9-27(10-12-51)50-15-13-49(14-16-50)23-26-19-29-30(20-33(26)45)43(57)52(42(29)56)35-7-8-37(53)48-41(35)55/h5-6,17-21,27,35,47H,4,7-16,23H2,1-3H3,(H,48,53,55). The molecule has 5 heterocycles. The lowest BCUT2D eigenvalue weighted by Crippen LogP contribution is -2.54. The molecule has 0 radical (unpaired) electrons. The number of rotatable bonds is 6. The van der Waals surface area contributed by atoms with Crippen LogP contribution >= 0.6 is 0 Å². The van der Waals surface area contributed by atoms with E-state index < -0.39 is 40.9 Å². The number of piperazine rings is 1. The number of H-pyrrole nitrogens is 1. The van der Waals surface area contributed by atoms with Gasteiger partial charge in [0.2, 0.25) is 11.8 Å². The Hall–Kier alpha value is -5.71. The normalized spacial score (nSPS) is 21.5. The Morgan fingerprint density at radius 3 is 2.25 bits per heavy atom. The highest BCUT2D eigenvalue weighted by Crippen LogP contribution is 2.46. The number of nitriles is 1. The molecule has 4 aromatic rings. The summed E-state index contributed by atoms with van der Waals surface area (Å²) < 4.78 is 15.4. The summed E-state index contributed by atoms with van der Waals surface area (Å²) >= 11 is 0. The second kappa shape index (κ2) is 13.7. The highest BCUT2D eigenvalue weighted by molar-refractivity contribution is 6.23. The van der Waals surface area contributed by atoms with Gasteiger partial charge in [-0.2, -0.15) is 5.26 Å². The molecule has 5 aliphatic rings. The number of aryl methyl sites for hydroxylation is 1. The summed E-state index contributed by atoms with van der Waals surface area (Å²) in [4.78, 5) is 76.2. The number of anilines is 1. The summed E-state index contributed by atoms with van der Waals surface area (Å²) in [5, 5.41) is 12.5. The topological polar surface area (TPSA) is 150 Å². The molecule has 1 atom stereocenters. The minimum Gasteiger partial charge on any atom is -0.371 e. The van der Waals surface area contributed by atoms with Crippen LogP contribution in [0.25, 0.3) is 10.9 Å². The minimum absolute atomic E-state index is 0.0195. The molecule has 4 aliphatic heterocycles. The maximum atomic E-state index is 15.4. The van der Waals surface area contributed by atoms with E-state index in [2.05, 4.69) is 64.0 Å². The van der Waals surface area contributed by atoms with Crippen LogP contribution < -0.4 is 10.2 Å². The predicted molar refractivity (Wildman–Crippen MR) is 210 cm³/mol. The van der Waals surface area contributed by atoms with Crippen LogP contribution in [0.15, 0.2) is 42.5 Å². The van der Waals surface area contributed by atoms with Crippen molar-refractivity contribution in [2.75, 3.05) is 44.2 Å². The Kier molecular flexibility index (Phi) is 8.90. The first kappa shape index (κ1) is 36.9. The number of halogens is 1. The third kappa shape index (κ3) is 5.96. The Morgan fingerprint density at radius 2 is 1.56 bits per heavy atom. The first-order valence-electron chi connectivity index (χ1n) is 19.9. The Morgan fingerprint density at radius 1 is 0.860 bits per heavy atom. The quantitative estimate of drug-likeness (QED) is 0.264. The van der Waals surface area contributed by atoms with E-state index in [1.165, 1.54) is 11.8 Å². The number of hydrogen-bond acceptors (Lipinski definition) is 9. The minimum atomic E-state index is -1.10. The van der Waals surface area contributed by atoms with E-state index in [4.69, 9.17) is 0 Å². The molecule has 9 rings (SSSR count). The van der Waals surface area contributed by atoms with E-state index in [9.17, 15) is 29.2 Å². The molecule has 1 aromatic heterocycles. The maximum absolute atomic E-state index is 15.4. The van der Waals surface area contributed by atoms with Gasteiger partial charge in [-0.3, -0.25) is 44.0 Å². The Labute approximate surface area is 329 Å². The van der Waals surface area contributed by atoms with E-state index in [0.29, 0.717) is 29.3 Å². The van der Waals surface area contributed by atoms with Gasteiger partial charge >= 0.3 is 0 Å². The fourth-order valence-corrected chi connectivity index (χ4v) is 9.81. The summed E-state index contributed by atoms with van der Waals surface area (Å²) in [6, 6.07) is 13.9. The number of imide groups is 2. The van der Waals surface area contributed by atoms with Gasteiger partial charge in [-0.05, 0) is 73.2 Å². The highest BCUT2D eigenvalue weighted by atomic mass is 19.1. The number of fused-ring (bicyclic) bond motifs is 5. The lowest BCUT2D eigenvalue weighted by atomic mass is 9.70. The summed E-state index contributed by atoms with van der Waals surface area (Å²) in [6.07, 6.45) is 2.86. The zero-order chi connectivity index (χ0) is 39.9. The number of nitrogens with zero attached hydrogens (tertiary/aromatic N) is 5. The van der Waals surface area contributed by atoms with Crippen molar-refractivity contribution in [2.24, 2.45) is 0 Å². The summed E-state index contributed by atoms with van der Waals surface area (Å²) in [6.45, 7) is 11.7. The van der Waals surface area contributed by atoms with Crippen molar-refractivity contribution in [1.29, 1.82) is 5.26 Å². The van der Waals surface area contributed by atoms with Crippen molar-refractivity contribution >= 4 is 46.0 Å². The van der Waals surface area contributed by atoms with Crippen LogP contribution in [0.2, 0.25) is 0 Å². The lowest BCUT2D eigenvalue weighted by Gasteiger charge is -2.44. The predicted octanol–water partition coefficient (Wildman–Crippen LogP) is 4.80. The van der Waals surface area contributed by atoms with Gasteiger partial charge in [0.15, 0.2) is 5.78 Å².